The van der Waals surface area contributed by atoms with Crippen molar-refractivity contribution in [2.75, 3.05) is 11.2 Å². The average Bonchev–Trinajstić information content (AvgIpc) is 3.01. The number of ether oxygens (including phenoxy) is 1. The molecule has 122 valence electrons. The molecule has 0 saturated heterocycles. The molecule has 0 aliphatic heterocycles. The largest absolute Gasteiger partial charge is 0.488 e. The lowest BCUT2D eigenvalue weighted by Gasteiger charge is -2.09. The minimum absolute atomic E-state index is 0.480. The lowest BCUT2D eigenvalue weighted by molar-refractivity contribution is 0.305. The highest BCUT2D eigenvalue weighted by Gasteiger charge is 2.04. The second-order valence-electron chi connectivity index (χ2n) is 4.90. The van der Waals surface area contributed by atoms with Crippen LogP contribution in [-0.4, -0.2) is 11.2 Å². The maximum atomic E-state index is 5.93. The number of thiazole rings is 1. The Morgan fingerprint density at radius 2 is 2.08 bits per heavy atom. The van der Waals surface area contributed by atoms with Gasteiger partial charge in [0, 0.05) is 15.4 Å². The van der Waals surface area contributed by atoms with E-state index >= 15 is 0 Å². The molecule has 5 nitrogen and oxygen atoms in total. The van der Waals surface area contributed by atoms with Gasteiger partial charge in [-0.25, -0.2) is 4.98 Å². The Bertz CT molecular complexity index is 836. The van der Waals surface area contributed by atoms with Gasteiger partial charge in [-0.05, 0) is 23.8 Å². The number of hydrogen-bond donors (Lipinski definition) is 2. The van der Waals surface area contributed by atoms with Crippen LogP contribution >= 0.6 is 27.3 Å². The van der Waals surface area contributed by atoms with Gasteiger partial charge in [-0.2, -0.15) is 5.10 Å². The summed E-state index contributed by atoms with van der Waals surface area (Å²) in [4.78, 5) is 4.09. The monoisotopic (exact) mass is 402 g/mol. The van der Waals surface area contributed by atoms with Gasteiger partial charge in [0.1, 0.15) is 18.2 Å². The van der Waals surface area contributed by atoms with Gasteiger partial charge in [0.15, 0.2) is 0 Å². The first-order valence-corrected chi connectivity index (χ1v) is 8.84. The third-order valence-electron chi connectivity index (χ3n) is 3.10. The molecule has 0 aliphatic carbocycles. The number of halogens is 1. The summed E-state index contributed by atoms with van der Waals surface area (Å²) in [6, 6.07) is 15.8. The molecular weight excluding hydrogens is 388 g/mol. The molecule has 1 heterocycles. The van der Waals surface area contributed by atoms with E-state index in [1.165, 1.54) is 11.3 Å². The first kappa shape index (κ1) is 16.5. The highest BCUT2D eigenvalue weighted by atomic mass is 79.9. The summed E-state index contributed by atoms with van der Waals surface area (Å²) < 4.78 is 6.88. The number of hydrazone groups is 1. The van der Waals surface area contributed by atoms with Gasteiger partial charge in [0.05, 0.1) is 6.21 Å². The smallest absolute Gasteiger partial charge is 0.205 e. The van der Waals surface area contributed by atoms with Gasteiger partial charge in [-0.1, -0.05) is 46.3 Å². The van der Waals surface area contributed by atoms with Crippen molar-refractivity contribution in [1.82, 2.24) is 4.98 Å². The van der Waals surface area contributed by atoms with Gasteiger partial charge in [-0.15, -0.1) is 11.3 Å². The number of nitrogen functional groups attached to an aromatic ring is 1. The highest BCUT2D eigenvalue weighted by molar-refractivity contribution is 9.10. The Balaban J connectivity index is 1.70. The molecule has 3 rings (SSSR count). The normalized spacial score (nSPS) is 10.9. The predicted molar refractivity (Wildman–Crippen MR) is 103 cm³/mol. The standard InChI is InChI=1S/C17H15BrN4OS/c18-14-7-6-13(9-20-22-17-21-16(19)11-24-17)15(8-14)23-10-12-4-2-1-3-5-12/h1-9,11H,10,19H2,(H,21,22). The van der Waals surface area contributed by atoms with Crippen molar-refractivity contribution in [1.29, 1.82) is 0 Å². The zero-order chi connectivity index (χ0) is 16.8. The van der Waals surface area contributed by atoms with Crippen LogP contribution in [0.4, 0.5) is 10.9 Å². The zero-order valence-corrected chi connectivity index (χ0v) is 15.0. The fraction of sp³-hybridized carbons (Fsp3) is 0.0588. The molecule has 0 atom stereocenters. The molecule has 0 unspecified atom stereocenters. The topological polar surface area (TPSA) is 72.5 Å². The number of benzene rings is 2. The van der Waals surface area contributed by atoms with Crippen LogP contribution in [0.15, 0.2) is 63.5 Å². The second kappa shape index (κ2) is 7.94. The summed E-state index contributed by atoms with van der Waals surface area (Å²) >= 11 is 4.87. The van der Waals surface area contributed by atoms with E-state index in [0.717, 1.165) is 21.3 Å². The molecule has 24 heavy (non-hydrogen) atoms. The first-order chi connectivity index (χ1) is 11.7. The molecule has 0 amide bonds. The van der Waals surface area contributed by atoms with Crippen LogP contribution in [-0.2, 0) is 6.61 Å². The maximum Gasteiger partial charge on any atom is 0.205 e. The summed E-state index contributed by atoms with van der Waals surface area (Å²) in [6.45, 7) is 0.495. The molecule has 1 aromatic heterocycles. The molecule has 0 saturated carbocycles. The molecule has 7 heteroatoms. The lowest BCUT2D eigenvalue weighted by atomic mass is 10.2. The van der Waals surface area contributed by atoms with Crippen LogP contribution < -0.4 is 15.9 Å². The number of hydrogen-bond acceptors (Lipinski definition) is 6. The third-order valence-corrected chi connectivity index (χ3v) is 4.36. The van der Waals surface area contributed by atoms with Crippen LogP contribution in [0, 0.1) is 0 Å². The van der Waals surface area contributed by atoms with Crippen molar-refractivity contribution < 1.29 is 4.74 Å². The van der Waals surface area contributed by atoms with E-state index in [4.69, 9.17) is 10.5 Å². The van der Waals surface area contributed by atoms with Crippen LogP contribution in [0.3, 0.4) is 0 Å². The molecule has 0 spiro atoms. The van der Waals surface area contributed by atoms with E-state index in [1.807, 2.05) is 48.5 Å². The number of nitrogens with two attached hydrogens (primary N) is 1. The Hall–Kier alpha value is -2.38. The van der Waals surface area contributed by atoms with Crippen LogP contribution in [0.5, 0.6) is 5.75 Å². The molecule has 0 bridgehead atoms. The summed E-state index contributed by atoms with van der Waals surface area (Å²) in [6.07, 6.45) is 1.70. The van der Waals surface area contributed by atoms with Crippen molar-refractivity contribution in [3.05, 3.63) is 69.5 Å². The second-order valence-corrected chi connectivity index (χ2v) is 6.68. The predicted octanol–water partition coefficient (Wildman–Crippen LogP) is 4.51. The zero-order valence-electron chi connectivity index (χ0n) is 12.6. The number of anilines is 2. The molecule has 2 aromatic carbocycles. The van der Waals surface area contributed by atoms with Gasteiger partial charge < -0.3 is 10.5 Å². The molecule has 3 N–H and O–H groups in total. The highest BCUT2D eigenvalue weighted by Crippen LogP contribution is 2.24. The number of nitrogens with one attached hydrogen (secondary N) is 1. The van der Waals surface area contributed by atoms with Crippen LogP contribution in [0.2, 0.25) is 0 Å². The third kappa shape index (κ3) is 4.56. The van der Waals surface area contributed by atoms with Gasteiger partial charge >= 0.3 is 0 Å². The molecule has 3 aromatic rings. The number of rotatable bonds is 6. The fourth-order valence-electron chi connectivity index (χ4n) is 1.97. The van der Waals surface area contributed by atoms with Crippen molar-refractivity contribution in [2.45, 2.75) is 6.61 Å². The van der Waals surface area contributed by atoms with Crippen molar-refractivity contribution in [2.24, 2.45) is 5.10 Å². The van der Waals surface area contributed by atoms with E-state index in [9.17, 15) is 0 Å². The van der Waals surface area contributed by atoms with Crippen LogP contribution in [0.1, 0.15) is 11.1 Å². The van der Waals surface area contributed by atoms with E-state index in [0.29, 0.717) is 17.6 Å². The summed E-state index contributed by atoms with van der Waals surface area (Å²) in [5.74, 6) is 1.23. The minimum Gasteiger partial charge on any atom is -0.488 e. The molecule has 0 aliphatic rings. The minimum atomic E-state index is 0.480. The Morgan fingerprint density at radius 3 is 2.83 bits per heavy atom. The van der Waals surface area contributed by atoms with Crippen molar-refractivity contribution >= 4 is 44.4 Å². The Morgan fingerprint density at radius 1 is 1.25 bits per heavy atom. The van der Waals surface area contributed by atoms with Gasteiger partial charge in [0.2, 0.25) is 5.13 Å². The van der Waals surface area contributed by atoms with E-state index < -0.39 is 0 Å². The van der Waals surface area contributed by atoms with Gasteiger partial charge in [-0.3, -0.25) is 5.43 Å². The quantitative estimate of drug-likeness (QED) is 0.469. The van der Waals surface area contributed by atoms with E-state index in [-0.39, 0.29) is 0 Å². The summed E-state index contributed by atoms with van der Waals surface area (Å²) in [7, 11) is 0. The Labute approximate surface area is 152 Å². The lowest BCUT2D eigenvalue weighted by Crippen LogP contribution is -1.99. The summed E-state index contributed by atoms with van der Waals surface area (Å²) in [5, 5.41) is 6.59. The molecule has 0 fully saturated rings. The molecular formula is C17H15BrN4OS. The summed E-state index contributed by atoms with van der Waals surface area (Å²) in [5.41, 5.74) is 10.4. The molecule has 0 radical (unpaired) electrons. The SMILES string of the molecule is Nc1csc(NN=Cc2ccc(Br)cc2OCc2ccccc2)n1. The van der Waals surface area contributed by atoms with Crippen molar-refractivity contribution in [3.8, 4) is 5.75 Å². The number of aromatic nitrogens is 1. The first-order valence-electron chi connectivity index (χ1n) is 7.17. The van der Waals surface area contributed by atoms with Crippen molar-refractivity contribution in [3.63, 3.8) is 0 Å². The fourth-order valence-corrected chi connectivity index (χ4v) is 2.86. The van der Waals surface area contributed by atoms with Crippen LogP contribution in [0.25, 0.3) is 0 Å². The average molecular weight is 403 g/mol. The van der Waals surface area contributed by atoms with E-state index in [2.05, 4.69) is 31.4 Å². The number of nitrogens with zero attached hydrogens (tertiary/aromatic N) is 2. The van der Waals surface area contributed by atoms with Gasteiger partial charge in [0.25, 0.3) is 0 Å². The Kier molecular flexibility index (Phi) is 5.45. The van der Waals surface area contributed by atoms with E-state index in [1.54, 1.807) is 11.6 Å². The maximum absolute atomic E-state index is 5.93.